The number of pyridine rings is 1. The molecule has 0 radical (unpaired) electrons. The fraction of sp³-hybridized carbons (Fsp3) is 0.375. The molecule has 3 aliphatic rings. The Bertz CT molecular complexity index is 1210. The summed E-state index contributed by atoms with van der Waals surface area (Å²) in [6.07, 6.45) is 4.28. The van der Waals surface area contributed by atoms with E-state index in [1.165, 1.54) is 6.07 Å². The van der Waals surface area contributed by atoms with E-state index in [0.29, 0.717) is 24.1 Å². The van der Waals surface area contributed by atoms with Crippen LogP contribution < -0.4 is 20.7 Å². The number of aromatic nitrogens is 3. The Morgan fingerprint density at radius 1 is 1.22 bits per heavy atom. The molecule has 1 saturated heterocycles. The summed E-state index contributed by atoms with van der Waals surface area (Å²) in [6, 6.07) is 7.74. The Balaban J connectivity index is 1.48. The minimum atomic E-state index is -0.275. The van der Waals surface area contributed by atoms with Crippen molar-refractivity contribution in [2.75, 3.05) is 23.8 Å². The summed E-state index contributed by atoms with van der Waals surface area (Å²) in [4.78, 5) is 16.2. The molecule has 7 nitrogen and oxygen atoms in total. The second kappa shape index (κ2) is 7.13. The molecule has 1 aliphatic heterocycles. The normalized spacial score (nSPS) is 22.8. The molecule has 164 valence electrons. The molecule has 6 rings (SSSR count). The van der Waals surface area contributed by atoms with Gasteiger partial charge in [-0.25, -0.2) is 4.39 Å². The largest absolute Gasteiger partial charge is 0.423 e. The molecule has 3 aromatic rings. The summed E-state index contributed by atoms with van der Waals surface area (Å²) < 4.78 is 20.5. The lowest BCUT2D eigenvalue weighted by Crippen LogP contribution is -2.41. The number of hydrogen-bond acceptors (Lipinski definition) is 7. The smallest absolute Gasteiger partial charge is 0.324 e. The summed E-state index contributed by atoms with van der Waals surface area (Å²) in [5.41, 5.74) is 11.6. The number of benzene rings is 1. The Labute approximate surface area is 185 Å². The van der Waals surface area contributed by atoms with Crippen molar-refractivity contribution in [2.45, 2.75) is 38.3 Å². The molecule has 0 amide bonds. The lowest BCUT2D eigenvalue weighted by Gasteiger charge is -2.32. The van der Waals surface area contributed by atoms with E-state index < -0.39 is 0 Å². The van der Waals surface area contributed by atoms with Crippen LogP contribution >= 0.6 is 0 Å². The molecule has 2 fully saturated rings. The first-order valence-electron chi connectivity index (χ1n) is 11.0. The number of ether oxygens (including phenoxy) is 1. The monoisotopic (exact) mass is 432 g/mol. The number of nitrogens with zero attached hydrogens (tertiary/aromatic N) is 4. The van der Waals surface area contributed by atoms with Crippen molar-refractivity contribution in [1.82, 2.24) is 15.0 Å². The first-order valence-corrected chi connectivity index (χ1v) is 11.0. The first kappa shape index (κ1) is 19.4. The highest BCUT2D eigenvalue weighted by molar-refractivity contribution is 5.88. The molecule has 3 heterocycles. The van der Waals surface area contributed by atoms with Gasteiger partial charge in [-0.2, -0.15) is 9.97 Å². The van der Waals surface area contributed by atoms with Crippen LogP contribution in [-0.2, 0) is 6.42 Å². The number of nitrogens with two attached hydrogens (primary N) is 1. The van der Waals surface area contributed by atoms with Crippen LogP contribution in [0.1, 0.15) is 29.8 Å². The Morgan fingerprint density at radius 2 is 2.09 bits per heavy atom. The van der Waals surface area contributed by atoms with Crippen molar-refractivity contribution in [1.29, 1.82) is 0 Å². The van der Waals surface area contributed by atoms with Crippen molar-refractivity contribution in [2.24, 2.45) is 11.7 Å². The van der Waals surface area contributed by atoms with Gasteiger partial charge in [-0.15, -0.1) is 0 Å². The Morgan fingerprint density at radius 3 is 2.78 bits per heavy atom. The van der Waals surface area contributed by atoms with Crippen molar-refractivity contribution < 1.29 is 9.13 Å². The quantitative estimate of drug-likeness (QED) is 0.509. The van der Waals surface area contributed by atoms with Gasteiger partial charge in [0.25, 0.3) is 0 Å². The van der Waals surface area contributed by atoms with Crippen molar-refractivity contribution in [3.05, 3.63) is 53.2 Å². The third-order valence-electron chi connectivity index (χ3n) is 7.00. The predicted octanol–water partition coefficient (Wildman–Crippen LogP) is 3.65. The zero-order valence-electron chi connectivity index (χ0n) is 18.1. The Kier molecular flexibility index (Phi) is 4.33. The summed E-state index contributed by atoms with van der Waals surface area (Å²) >= 11 is 0. The predicted molar refractivity (Wildman–Crippen MR) is 121 cm³/mol. The molecule has 1 aromatic carbocycles. The minimum absolute atomic E-state index is 0.237. The van der Waals surface area contributed by atoms with Gasteiger partial charge in [0.1, 0.15) is 17.4 Å². The van der Waals surface area contributed by atoms with Crippen LogP contribution in [0.2, 0.25) is 0 Å². The van der Waals surface area contributed by atoms with Crippen molar-refractivity contribution in [3.63, 3.8) is 0 Å². The zero-order valence-corrected chi connectivity index (χ0v) is 18.1. The van der Waals surface area contributed by atoms with Crippen LogP contribution in [0.4, 0.5) is 15.9 Å². The number of piperidine rings is 1. The van der Waals surface area contributed by atoms with Gasteiger partial charge in [-0.05, 0) is 61.1 Å². The topological polar surface area (TPSA) is 89.2 Å². The average Bonchev–Trinajstić information content (AvgIpc) is 3.46. The molecular formula is C24H25FN6O. The second-order valence-electron chi connectivity index (χ2n) is 9.00. The van der Waals surface area contributed by atoms with Crippen LogP contribution in [0.3, 0.4) is 0 Å². The summed E-state index contributed by atoms with van der Waals surface area (Å²) in [7, 11) is 1.81. The molecule has 0 spiro atoms. The fourth-order valence-corrected chi connectivity index (χ4v) is 5.44. The van der Waals surface area contributed by atoms with E-state index in [1.54, 1.807) is 12.3 Å². The number of aryl methyl sites for hydroxylation is 1. The van der Waals surface area contributed by atoms with Gasteiger partial charge >= 0.3 is 6.01 Å². The number of halogens is 1. The lowest BCUT2D eigenvalue weighted by molar-refractivity contribution is 0.434. The summed E-state index contributed by atoms with van der Waals surface area (Å²) in [6.45, 7) is 2.78. The van der Waals surface area contributed by atoms with Crippen LogP contribution in [-0.4, -0.2) is 40.6 Å². The maximum atomic E-state index is 14.5. The second-order valence-corrected chi connectivity index (χ2v) is 9.00. The molecule has 8 heteroatoms. The van der Waals surface area contributed by atoms with Crippen molar-refractivity contribution >= 4 is 11.5 Å². The number of nitrogens with one attached hydrogen (secondary N) is 1. The van der Waals surface area contributed by atoms with E-state index in [9.17, 15) is 4.39 Å². The molecule has 3 atom stereocenters. The van der Waals surface area contributed by atoms with Gasteiger partial charge in [-0.3, -0.25) is 4.98 Å². The number of fused-ring (bicyclic) bond motifs is 5. The highest BCUT2D eigenvalue weighted by Gasteiger charge is 2.45. The van der Waals surface area contributed by atoms with Crippen molar-refractivity contribution in [3.8, 4) is 22.9 Å². The third-order valence-corrected chi connectivity index (χ3v) is 7.00. The van der Waals surface area contributed by atoms with Gasteiger partial charge in [0.15, 0.2) is 0 Å². The molecule has 3 N–H and O–H groups in total. The van der Waals surface area contributed by atoms with Crippen LogP contribution in [0.5, 0.6) is 11.8 Å². The van der Waals surface area contributed by atoms with Crippen LogP contribution in [0.25, 0.3) is 11.1 Å². The van der Waals surface area contributed by atoms with E-state index in [4.69, 9.17) is 20.4 Å². The Hall–Kier alpha value is -3.26. The van der Waals surface area contributed by atoms with E-state index in [2.05, 4.69) is 15.2 Å². The number of rotatable bonds is 4. The van der Waals surface area contributed by atoms with Gasteiger partial charge in [0, 0.05) is 49.0 Å². The zero-order chi connectivity index (χ0) is 22.0. The maximum absolute atomic E-state index is 14.5. The lowest BCUT2D eigenvalue weighted by atomic mass is 10.0. The highest BCUT2D eigenvalue weighted by atomic mass is 19.1. The molecule has 2 aromatic heterocycles. The average molecular weight is 433 g/mol. The molecule has 1 unspecified atom stereocenters. The minimum Gasteiger partial charge on any atom is -0.423 e. The summed E-state index contributed by atoms with van der Waals surface area (Å²) in [5, 5.41) is 3.13. The number of anilines is 2. The molecular weight excluding hydrogens is 407 g/mol. The number of hydrogen-bond donors (Lipinski definition) is 2. The molecule has 2 aliphatic carbocycles. The van der Waals surface area contributed by atoms with Gasteiger partial charge in [0.2, 0.25) is 0 Å². The first-order chi connectivity index (χ1) is 15.5. The fourth-order valence-electron chi connectivity index (χ4n) is 5.44. The van der Waals surface area contributed by atoms with Crippen LogP contribution in [0, 0.1) is 18.7 Å². The van der Waals surface area contributed by atoms with Gasteiger partial charge in [-0.1, -0.05) is 0 Å². The highest BCUT2D eigenvalue weighted by Crippen LogP contribution is 2.48. The van der Waals surface area contributed by atoms with Crippen LogP contribution in [0.15, 0.2) is 30.5 Å². The maximum Gasteiger partial charge on any atom is 0.324 e. The van der Waals surface area contributed by atoms with E-state index >= 15 is 0 Å². The summed E-state index contributed by atoms with van der Waals surface area (Å²) in [5.74, 6) is 1.58. The SMILES string of the molecule is CNc1cc(F)cc2c1Cc1nc(Oc3ccc(C)nc3)nc(N3CC4C[C@H]3C[C@@H]4N)c1-2. The van der Waals surface area contributed by atoms with E-state index in [0.717, 1.165) is 59.0 Å². The molecule has 1 saturated carbocycles. The van der Waals surface area contributed by atoms with E-state index in [-0.39, 0.29) is 17.9 Å². The molecule has 32 heavy (non-hydrogen) atoms. The third kappa shape index (κ3) is 3.01. The molecule has 2 bridgehead atoms. The van der Waals surface area contributed by atoms with E-state index in [1.807, 2.05) is 26.1 Å². The van der Waals surface area contributed by atoms with Gasteiger partial charge < -0.3 is 20.7 Å². The van der Waals surface area contributed by atoms with Gasteiger partial charge in [0.05, 0.1) is 11.9 Å². The standard InChI is InChI=1S/C24H25FN6O/c1-12-3-4-16(10-28-12)32-24-29-21-9-17-18(6-14(25)7-20(17)27-2)22(21)23(30-24)31-11-13-5-15(31)8-19(13)26/h3-4,6-7,10,13,15,19,27H,5,8-9,11,26H2,1-2H3/t13?,15-,19-/m0/s1.